The van der Waals surface area contributed by atoms with E-state index in [-0.39, 0.29) is 11.1 Å². The first kappa shape index (κ1) is 15.6. The van der Waals surface area contributed by atoms with Gasteiger partial charge in [0.15, 0.2) is 0 Å². The van der Waals surface area contributed by atoms with Crippen molar-refractivity contribution in [1.82, 2.24) is 0 Å². The maximum Gasteiger partial charge on any atom is 0.416 e. The predicted octanol–water partition coefficient (Wildman–Crippen LogP) is 5.18. The smallest absolute Gasteiger partial charge is 0.416 e. The molecular weight excluding hydrogens is 308 g/mol. The Morgan fingerprint density at radius 1 is 1.10 bits per heavy atom. The van der Waals surface area contributed by atoms with E-state index in [2.05, 4.69) is 0 Å². The van der Waals surface area contributed by atoms with Gasteiger partial charge in [-0.15, -0.1) is 11.6 Å². The van der Waals surface area contributed by atoms with Gasteiger partial charge in [0.2, 0.25) is 0 Å². The average Bonchev–Trinajstić information content (AvgIpc) is 2.45. The van der Waals surface area contributed by atoms with Crippen LogP contribution >= 0.6 is 11.6 Å². The van der Waals surface area contributed by atoms with E-state index in [1.165, 1.54) is 31.4 Å². The summed E-state index contributed by atoms with van der Waals surface area (Å²) in [6, 6.07) is 8.57. The normalized spacial score (nSPS) is 13.0. The van der Waals surface area contributed by atoms with Crippen LogP contribution in [0.15, 0.2) is 42.5 Å². The Labute approximate surface area is 124 Å². The molecular formula is C15H11ClF4O. The Morgan fingerprint density at radius 2 is 1.81 bits per heavy atom. The lowest BCUT2D eigenvalue weighted by Gasteiger charge is -2.14. The van der Waals surface area contributed by atoms with E-state index in [0.717, 1.165) is 18.2 Å². The van der Waals surface area contributed by atoms with Crippen LogP contribution in [0.5, 0.6) is 5.75 Å². The third kappa shape index (κ3) is 3.47. The molecule has 0 heterocycles. The second kappa shape index (κ2) is 5.93. The summed E-state index contributed by atoms with van der Waals surface area (Å²) in [6.07, 6.45) is -4.47. The second-order valence-corrected chi connectivity index (χ2v) is 4.81. The average molecular weight is 319 g/mol. The van der Waals surface area contributed by atoms with Gasteiger partial charge in [-0.3, -0.25) is 0 Å². The van der Waals surface area contributed by atoms with Gasteiger partial charge in [0.05, 0.1) is 18.1 Å². The van der Waals surface area contributed by atoms with E-state index < -0.39 is 22.9 Å². The van der Waals surface area contributed by atoms with E-state index in [0.29, 0.717) is 5.75 Å². The monoisotopic (exact) mass is 318 g/mol. The Balaban J connectivity index is 2.38. The van der Waals surface area contributed by atoms with Crippen molar-refractivity contribution in [3.05, 3.63) is 65.0 Å². The Kier molecular flexibility index (Phi) is 4.42. The van der Waals surface area contributed by atoms with Crippen molar-refractivity contribution in [2.24, 2.45) is 0 Å². The summed E-state index contributed by atoms with van der Waals surface area (Å²) in [6.45, 7) is 0. The molecule has 0 radical (unpaired) electrons. The van der Waals surface area contributed by atoms with Gasteiger partial charge in [-0.05, 0) is 23.8 Å². The molecule has 0 spiro atoms. The highest BCUT2D eigenvalue weighted by Gasteiger charge is 2.31. The van der Waals surface area contributed by atoms with Crippen LogP contribution < -0.4 is 4.74 Å². The Morgan fingerprint density at radius 3 is 2.38 bits per heavy atom. The SMILES string of the molecule is COc1ccc(C(Cl)c2cccc(C(F)(F)F)c2)c(F)c1. The molecule has 1 unspecified atom stereocenters. The number of ether oxygens (including phenoxy) is 1. The molecule has 2 aromatic rings. The predicted molar refractivity (Wildman–Crippen MR) is 72.1 cm³/mol. The van der Waals surface area contributed by atoms with Gasteiger partial charge < -0.3 is 4.74 Å². The number of alkyl halides is 4. The molecule has 0 aromatic heterocycles. The zero-order valence-corrected chi connectivity index (χ0v) is 11.7. The van der Waals surface area contributed by atoms with Crippen molar-refractivity contribution in [2.45, 2.75) is 11.6 Å². The molecule has 6 heteroatoms. The number of hydrogen-bond donors (Lipinski definition) is 0. The van der Waals surface area contributed by atoms with Crippen molar-refractivity contribution in [1.29, 1.82) is 0 Å². The topological polar surface area (TPSA) is 9.23 Å². The Bertz CT molecular complexity index is 640. The minimum absolute atomic E-state index is 0.0943. The van der Waals surface area contributed by atoms with Crippen LogP contribution in [0.2, 0.25) is 0 Å². The third-order valence-electron chi connectivity index (χ3n) is 2.99. The van der Waals surface area contributed by atoms with E-state index in [4.69, 9.17) is 16.3 Å². The van der Waals surface area contributed by atoms with Crippen LogP contribution in [0.25, 0.3) is 0 Å². The molecule has 0 aliphatic heterocycles. The molecule has 0 saturated carbocycles. The summed E-state index contributed by atoms with van der Waals surface area (Å²) in [5.41, 5.74) is -0.549. The molecule has 0 aliphatic rings. The minimum atomic E-state index is -4.47. The van der Waals surface area contributed by atoms with E-state index in [1.807, 2.05) is 0 Å². The van der Waals surface area contributed by atoms with E-state index >= 15 is 0 Å². The van der Waals surface area contributed by atoms with Gasteiger partial charge in [0, 0.05) is 11.6 Å². The van der Waals surface area contributed by atoms with Crippen molar-refractivity contribution in [3.8, 4) is 5.75 Å². The summed E-state index contributed by atoms with van der Waals surface area (Å²) >= 11 is 6.11. The van der Waals surface area contributed by atoms with Crippen LogP contribution in [0, 0.1) is 5.82 Å². The molecule has 2 rings (SSSR count). The maximum atomic E-state index is 13.9. The highest BCUT2D eigenvalue weighted by atomic mass is 35.5. The second-order valence-electron chi connectivity index (χ2n) is 4.37. The first-order valence-electron chi connectivity index (χ1n) is 5.97. The number of hydrogen-bond acceptors (Lipinski definition) is 1. The molecule has 0 bridgehead atoms. The molecule has 21 heavy (non-hydrogen) atoms. The number of methoxy groups -OCH3 is 1. The standard InChI is InChI=1S/C15H11ClF4O/c1-21-11-5-6-12(13(17)8-11)14(16)9-3-2-4-10(7-9)15(18,19)20/h2-8,14H,1H3. The molecule has 2 aromatic carbocycles. The largest absolute Gasteiger partial charge is 0.497 e. The zero-order chi connectivity index (χ0) is 15.6. The van der Waals surface area contributed by atoms with Gasteiger partial charge in [-0.25, -0.2) is 4.39 Å². The van der Waals surface area contributed by atoms with E-state index in [9.17, 15) is 17.6 Å². The molecule has 0 amide bonds. The van der Waals surface area contributed by atoms with Gasteiger partial charge >= 0.3 is 6.18 Å². The lowest BCUT2D eigenvalue weighted by molar-refractivity contribution is -0.137. The summed E-state index contributed by atoms with van der Waals surface area (Å²) in [4.78, 5) is 0. The zero-order valence-electron chi connectivity index (χ0n) is 10.9. The van der Waals surface area contributed by atoms with Gasteiger partial charge in [-0.2, -0.15) is 13.2 Å². The number of benzene rings is 2. The summed E-state index contributed by atoms with van der Waals surface area (Å²) in [5, 5.41) is -1.02. The van der Waals surface area contributed by atoms with Crippen LogP contribution in [0.1, 0.15) is 22.1 Å². The fourth-order valence-electron chi connectivity index (χ4n) is 1.89. The molecule has 112 valence electrons. The summed E-state index contributed by atoms with van der Waals surface area (Å²) in [7, 11) is 1.39. The van der Waals surface area contributed by atoms with Crippen LogP contribution in [0.4, 0.5) is 17.6 Å². The van der Waals surface area contributed by atoms with Crippen molar-refractivity contribution in [2.75, 3.05) is 7.11 Å². The summed E-state index contributed by atoms with van der Waals surface area (Å²) < 4.78 is 56.8. The molecule has 1 atom stereocenters. The van der Waals surface area contributed by atoms with Crippen molar-refractivity contribution in [3.63, 3.8) is 0 Å². The highest BCUT2D eigenvalue weighted by molar-refractivity contribution is 6.22. The van der Waals surface area contributed by atoms with Gasteiger partial charge in [0.25, 0.3) is 0 Å². The maximum absolute atomic E-state index is 13.9. The molecule has 0 fully saturated rings. The molecule has 1 nitrogen and oxygen atoms in total. The Hall–Kier alpha value is -1.75. The number of rotatable bonds is 3. The van der Waals surface area contributed by atoms with Crippen molar-refractivity contribution < 1.29 is 22.3 Å². The molecule has 0 N–H and O–H groups in total. The number of halogens is 5. The first-order valence-corrected chi connectivity index (χ1v) is 6.41. The lowest BCUT2D eigenvalue weighted by Crippen LogP contribution is -2.06. The van der Waals surface area contributed by atoms with Crippen LogP contribution in [-0.2, 0) is 6.18 Å². The minimum Gasteiger partial charge on any atom is -0.497 e. The molecule has 0 aliphatic carbocycles. The quantitative estimate of drug-likeness (QED) is 0.559. The fourth-order valence-corrected chi connectivity index (χ4v) is 2.21. The summed E-state index contributed by atoms with van der Waals surface area (Å²) in [5.74, 6) is -0.323. The third-order valence-corrected chi connectivity index (χ3v) is 3.47. The van der Waals surface area contributed by atoms with Gasteiger partial charge in [0.1, 0.15) is 11.6 Å². The first-order chi connectivity index (χ1) is 9.82. The van der Waals surface area contributed by atoms with Crippen molar-refractivity contribution >= 4 is 11.6 Å². The lowest BCUT2D eigenvalue weighted by atomic mass is 10.0. The fraction of sp³-hybridized carbons (Fsp3) is 0.200. The molecule has 0 saturated heterocycles. The van der Waals surface area contributed by atoms with Crippen LogP contribution in [-0.4, -0.2) is 7.11 Å². The van der Waals surface area contributed by atoms with E-state index in [1.54, 1.807) is 0 Å². The van der Waals surface area contributed by atoms with Gasteiger partial charge in [-0.1, -0.05) is 18.2 Å². The van der Waals surface area contributed by atoms with Crippen LogP contribution in [0.3, 0.4) is 0 Å². The highest BCUT2D eigenvalue weighted by Crippen LogP contribution is 2.36.